The Labute approximate surface area is 216 Å². The molecule has 7 nitrogen and oxygen atoms in total. The van der Waals surface area contributed by atoms with Crippen LogP contribution in [-0.2, 0) is 0 Å². The maximum absolute atomic E-state index is 13.6. The van der Waals surface area contributed by atoms with Crippen LogP contribution in [0.4, 0.5) is 9.93 Å². The number of fused-ring (bicyclic) bond motifs is 3. The summed E-state index contributed by atoms with van der Waals surface area (Å²) in [5.74, 6) is 0. The minimum atomic E-state index is -0.294. The second-order valence-electron chi connectivity index (χ2n) is 8.96. The molecule has 0 radical (unpaired) electrons. The third-order valence-corrected chi connectivity index (χ3v) is 7.21. The molecule has 3 heterocycles. The number of thiazole rings is 1. The molecule has 0 saturated carbocycles. The van der Waals surface area contributed by atoms with Gasteiger partial charge in [0, 0.05) is 22.4 Å². The number of aromatic nitrogens is 4. The van der Waals surface area contributed by atoms with Crippen molar-refractivity contribution in [2.24, 2.45) is 0 Å². The lowest BCUT2D eigenvalue weighted by Crippen LogP contribution is -2.23. The molecule has 182 valence electrons. The van der Waals surface area contributed by atoms with Crippen molar-refractivity contribution in [3.05, 3.63) is 101 Å². The lowest BCUT2D eigenvalue weighted by atomic mass is 10.1. The Morgan fingerprint density at radius 2 is 1.46 bits per heavy atom. The first kappa shape index (κ1) is 22.9. The highest BCUT2D eigenvalue weighted by atomic mass is 32.1. The van der Waals surface area contributed by atoms with Gasteiger partial charge >= 0.3 is 6.03 Å². The lowest BCUT2D eigenvalue weighted by molar-refractivity contribution is 0.255. The fourth-order valence-electron chi connectivity index (χ4n) is 4.54. The number of para-hydroxylation sites is 2. The van der Waals surface area contributed by atoms with Crippen molar-refractivity contribution in [1.29, 1.82) is 0 Å². The van der Waals surface area contributed by atoms with Crippen LogP contribution in [0.5, 0.6) is 0 Å². The zero-order chi connectivity index (χ0) is 25.5. The van der Waals surface area contributed by atoms with E-state index in [2.05, 4.69) is 10.4 Å². The van der Waals surface area contributed by atoms with Crippen molar-refractivity contribution in [1.82, 2.24) is 19.3 Å². The molecule has 37 heavy (non-hydrogen) atoms. The summed E-state index contributed by atoms with van der Waals surface area (Å²) in [7, 11) is 0. The van der Waals surface area contributed by atoms with Gasteiger partial charge in [-0.15, -0.1) is 0 Å². The number of rotatable bonds is 4. The zero-order valence-corrected chi connectivity index (χ0v) is 21.1. The average Bonchev–Trinajstić information content (AvgIpc) is 3.48. The second-order valence-corrected chi connectivity index (χ2v) is 9.96. The van der Waals surface area contributed by atoms with E-state index < -0.39 is 0 Å². The van der Waals surface area contributed by atoms with E-state index in [0.717, 1.165) is 32.2 Å². The molecule has 0 unspecified atom stereocenters. The van der Waals surface area contributed by atoms with Crippen molar-refractivity contribution in [3.63, 3.8) is 0 Å². The standard InChI is InChI=1S/C29H23N5O2S/c1-18(2)34-25(35)17-16-22(32-34)27-26(19-10-4-3-5-11-19)30-28(37-27)31-29(36)33-23-14-8-6-12-20(23)21-13-7-9-15-24(21)33/h3-18H,1-2H3,(H,30,31,36). The minimum absolute atomic E-state index is 0.0879. The van der Waals surface area contributed by atoms with Gasteiger partial charge in [-0.3, -0.25) is 14.7 Å². The van der Waals surface area contributed by atoms with Crippen LogP contribution < -0.4 is 10.9 Å². The predicted octanol–water partition coefficient (Wildman–Crippen LogP) is 6.80. The van der Waals surface area contributed by atoms with Gasteiger partial charge in [0.1, 0.15) is 5.69 Å². The van der Waals surface area contributed by atoms with Crippen molar-refractivity contribution < 1.29 is 4.79 Å². The summed E-state index contributed by atoms with van der Waals surface area (Å²) >= 11 is 1.34. The van der Waals surface area contributed by atoms with Crippen molar-refractivity contribution in [2.75, 3.05) is 5.32 Å². The van der Waals surface area contributed by atoms with Crippen LogP contribution in [0.3, 0.4) is 0 Å². The van der Waals surface area contributed by atoms with Gasteiger partial charge in [-0.25, -0.2) is 14.5 Å². The van der Waals surface area contributed by atoms with Crippen LogP contribution in [-0.4, -0.2) is 25.4 Å². The molecule has 0 spiro atoms. The highest BCUT2D eigenvalue weighted by Gasteiger charge is 2.21. The van der Waals surface area contributed by atoms with E-state index in [1.165, 1.54) is 22.1 Å². The molecule has 0 bridgehead atoms. The maximum atomic E-state index is 13.6. The first-order valence-electron chi connectivity index (χ1n) is 12.0. The fourth-order valence-corrected chi connectivity index (χ4v) is 5.49. The highest BCUT2D eigenvalue weighted by molar-refractivity contribution is 7.19. The van der Waals surface area contributed by atoms with Crippen molar-refractivity contribution in [2.45, 2.75) is 19.9 Å². The summed E-state index contributed by atoms with van der Waals surface area (Å²) in [4.78, 5) is 31.6. The molecule has 1 amide bonds. The van der Waals surface area contributed by atoms with Gasteiger partial charge in [-0.1, -0.05) is 78.1 Å². The Morgan fingerprint density at radius 1 is 0.838 bits per heavy atom. The number of carbonyl (C=O) groups is 1. The van der Waals surface area contributed by atoms with Crippen LogP contribution in [0.2, 0.25) is 0 Å². The molecule has 6 rings (SSSR count). The molecular weight excluding hydrogens is 482 g/mol. The van der Waals surface area contributed by atoms with Gasteiger partial charge in [0.2, 0.25) is 0 Å². The molecule has 0 aliphatic rings. The average molecular weight is 506 g/mol. The van der Waals surface area contributed by atoms with Crippen LogP contribution in [0.15, 0.2) is 95.8 Å². The molecule has 0 fully saturated rings. The van der Waals surface area contributed by atoms with E-state index in [1.54, 1.807) is 10.6 Å². The fraction of sp³-hybridized carbons (Fsp3) is 0.103. The Bertz CT molecular complexity index is 1780. The SMILES string of the molecule is CC(C)n1nc(-c2sc(NC(=O)n3c4ccccc4c4ccccc43)nc2-c2ccccc2)ccc1=O. The molecule has 0 saturated heterocycles. The highest BCUT2D eigenvalue weighted by Crippen LogP contribution is 2.38. The smallest absolute Gasteiger partial charge is 0.283 e. The van der Waals surface area contributed by atoms with Crippen LogP contribution >= 0.6 is 11.3 Å². The van der Waals surface area contributed by atoms with E-state index >= 15 is 0 Å². The molecule has 6 aromatic rings. The number of nitrogens with zero attached hydrogens (tertiary/aromatic N) is 4. The van der Waals surface area contributed by atoms with Gasteiger partial charge in [0.05, 0.1) is 27.6 Å². The molecule has 0 atom stereocenters. The Balaban J connectivity index is 1.47. The quantitative estimate of drug-likeness (QED) is 0.286. The number of anilines is 1. The summed E-state index contributed by atoms with van der Waals surface area (Å²) in [6.07, 6.45) is 0. The normalized spacial score (nSPS) is 11.4. The Hall–Kier alpha value is -4.56. The topological polar surface area (TPSA) is 81.8 Å². The van der Waals surface area contributed by atoms with Crippen molar-refractivity contribution >= 4 is 44.3 Å². The number of amides is 1. The minimum Gasteiger partial charge on any atom is -0.283 e. The number of benzene rings is 3. The summed E-state index contributed by atoms with van der Waals surface area (Å²) in [6.45, 7) is 3.83. The second kappa shape index (κ2) is 9.15. The molecule has 0 aliphatic carbocycles. The van der Waals surface area contributed by atoms with Gasteiger partial charge in [-0.05, 0) is 32.0 Å². The lowest BCUT2D eigenvalue weighted by Gasteiger charge is -2.09. The molecule has 0 aliphatic heterocycles. The van der Waals surface area contributed by atoms with Crippen molar-refractivity contribution in [3.8, 4) is 21.8 Å². The van der Waals surface area contributed by atoms with Gasteiger partial charge < -0.3 is 0 Å². The summed E-state index contributed by atoms with van der Waals surface area (Å²) in [6, 6.07) is 28.3. The van der Waals surface area contributed by atoms with E-state index in [-0.39, 0.29) is 17.6 Å². The summed E-state index contributed by atoms with van der Waals surface area (Å²) < 4.78 is 3.14. The summed E-state index contributed by atoms with van der Waals surface area (Å²) in [5.41, 5.74) is 3.71. The van der Waals surface area contributed by atoms with Gasteiger partial charge in [0.15, 0.2) is 5.13 Å². The first-order chi connectivity index (χ1) is 18.0. The van der Waals surface area contributed by atoms with Crippen LogP contribution in [0, 0.1) is 0 Å². The number of hydrogen-bond acceptors (Lipinski definition) is 5. The van der Waals surface area contributed by atoms with Crippen LogP contribution in [0.25, 0.3) is 43.6 Å². The molecular formula is C29H23N5O2S. The largest absolute Gasteiger partial charge is 0.332 e. The number of hydrogen-bond donors (Lipinski definition) is 1. The number of nitrogens with one attached hydrogen (secondary N) is 1. The first-order valence-corrected chi connectivity index (χ1v) is 12.8. The maximum Gasteiger partial charge on any atom is 0.332 e. The van der Waals surface area contributed by atoms with Gasteiger partial charge in [-0.2, -0.15) is 5.10 Å². The van der Waals surface area contributed by atoms with E-state index in [1.807, 2.05) is 92.7 Å². The zero-order valence-electron chi connectivity index (χ0n) is 20.3. The third kappa shape index (κ3) is 4.01. The number of carbonyl (C=O) groups excluding carboxylic acids is 1. The Kier molecular flexibility index (Phi) is 5.65. The predicted molar refractivity (Wildman–Crippen MR) is 149 cm³/mol. The Morgan fingerprint density at radius 3 is 2.11 bits per heavy atom. The molecule has 1 N–H and O–H groups in total. The van der Waals surface area contributed by atoms with E-state index in [9.17, 15) is 9.59 Å². The third-order valence-electron chi connectivity index (χ3n) is 6.22. The van der Waals surface area contributed by atoms with Gasteiger partial charge in [0.25, 0.3) is 5.56 Å². The molecule has 8 heteroatoms. The molecule has 3 aromatic heterocycles. The molecule has 3 aromatic carbocycles. The monoisotopic (exact) mass is 505 g/mol. The van der Waals surface area contributed by atoms with E-state index in [0.29, 0.717) is 16.5 Å². The summed E-state index contributed by atoms with van der Waals surface area (Å²) in [5, 5.41) is 10.1. The van der Waals surface area contributed by atoms with Crippen LogP contribution in [0.1, 0.15) is 19.9 Å². The van der Waals surface area contributed by atoms with E-state index in [4.69, 9.17) is 4.98 Å².